The molecular weight excluding hydrogens is 272 g/mol. The summed E-state index contributed by atoms with van der Waals surface area (Å²) in [4.78, 5) is 10.5. The van der Waals surface area contributed by atoms with Crippen LogP contribution in [0.4, 0.5) is 0 Å². The van der Waals surface area contributed by atoms with Crippen molar-refractivity contribution in [3.63, 3.8) is 0 Å². The molecule has 4 heteroatoms. The minimum absolute atomic E-state index is 0.159. The van der Waals surface area contributed by atoms with Crippen LogP contribution < -0.4 is 9.47 Å². The predicted octanol–water partition coefficient (Wildman–Crippen LogP) is 3.16. The molecular formula is C12H15BrO3. The van der Waals surface area contributed by atoms with E-state index in [4.69, 9.17) is 9.47 Å². The first-order valence-electron chi connectivity index (χ1n) is 4.99. The highest BCUT2D eigenvalue weighted by atomic mass is 79.9. The van der Waals surface area contributed by atoms with Crippen LogP contribution in [0.5, 0.6) is 11.5 Å². The van der Waals surface area contributed by atoms with Gasteiger partial charge in [0.25, 0.3) is 0 Å². The highest BCUT2D eigenvalue weighted by Gasteiger charge is 2.14. The molecule has 0 aliphatic carbocycles. The van der Waals surface area contributed by atoms with Crippen LogP contribution in [0.3, 0.4) is 0 Å². The van der Waals surface area contributed by atoms with Crippen molar-refractivity contribution in [2.24, 2.45) is 0 Å². The molecule has 0 saturated heterocycles. The summed E-state index contributed by atoms with van der Waals surface area (Å²) >= 11 is 3.47. The Bertz CT molecular complexity index is 377. The third-order valence-corrected chi connectivity index (χ3v) is 3.17. The Morgan fingerprint density at radius 2 is 1.88 bits per heavy atom. The van der Waals surface area contributed by atoms with Gasteiger partial charge in [0.15, 0.2) is 11.5 Å². The van der Waals surface area contributed by atoms with Crippen LogP contribution in [0.25, 0.3) is 0 Å². The Morgan fingerprint density at radius 1 is 1.31 bits per heavy atom. The maximum atomic E-state index is 10.5. The smallest absolute Gasteiger partial charge is 0.161 e. The summed E-state index contributed by atoms with van der Waals surface area (Å²) in [6, 6.07) is 3.76. The number of ether oxygens (including phenoxy) is 2. The number of rotatable bonds is 5. The van der Waals surface area contributed by atoms with E-state index in [-0.39, 0.29) is 5.92 Å². The second-order valence-corrected chi connectivity index (χ2v) is 4.39. The van der Waals surface area contributed by atoms with Crippen molar-refractivity contribution >= 4 is 22.2 Å². The number of hydrogen-bond acceptors (Lipinski definition) is 3. The van der Waals surface area contributed by atoms with Crippen LogP contribution in [0.2, 0.25) is 0 Å². The molecule has 0 radical (unpaired) electrons. The summed E-state index contributed by atoms with van der Waals surface area (Å²) in [6.45, 7) is 2.00. The fourth-order valence-electron chi connectivity index (χ4n) is 1.52. The Kier molecular flexibility index (Phi) is 4.80. The largest absolute Gasteiger partial charge is 0.493 e. The number of aldehydes is 1. The van der Waals surface area contributed by atoms with Crippen molar-refractivity contribution in [2.75, 3.05) is 14.2 Å². The molecule has 0 aliphatic rings. The van der Waals surface area contributed by atoms with Crippen LogP contribution in [0.1, 0.15) is 24.8 Å². The molecule has 0 saturated carbocycles. The van der Waals surface area contributed by atoms with Crippen LogP contribution >= 0.6 is 15.9 Å². The number of halogens is 1. The standard InChI is InChI=1S/C12H15BrO3/c1-8(4-5-14)9-6-11(15-2)12(16-3)7-10(9)13/h5-8H,4H2,1-3H3. The van der Waals surface area contributed by atoms with Crippen molar-refractivity contribution in [2.45, 2.75) is 19.3 Å². The highest BCUT2D eigenvalue weighted by Crippen LogP contribution is 2.37. The molecule has 0 amide bonds. The van der Waals surface area contributed by atoms with Gasteiger partial charge in [0.1, 0.15) is 6.29 Å². The first kappa shape index (κ1) is 13.0. The summed E-state index contributed by atoms with van der Waals surface area (Å²) in [7, 11) is 3.19. The molecule has 88 valence electrons. The van der Waals surface area contributed by atoms with Crippen LogP contribution in [0.15, 0.2) is 16.6 Å². The highest BCUT2D eigenvalue weighted by molar-refractivity contribution is 9.10. The molecule has 0 fully saturated rings. The van der Waals surface area contributed by atoms with Crippen molar-refractivity contribution in [1.29, 1.82) is 0 Å². The maximum Gasteiger partial charge on any atom is 0.161 e. The maximum absolute atomic E-state index is 10.5. The van der Waals surface area contributed by atoms with Gasteiger partial charge in [-0.15, -0.1) is 0 Å². The summed E-state index contributed by atoms with van der Waals surface area (Å²) in [5.74, 6) is 1.52. The molecule has 0 bridgehead atoms. The van der Waals surface area contributed by atoms with Crippen molar-refractivity contribution in [3.05, 3.63) is 22.2 Å². The van der Waals surface area contributed by atoms with Gasteiger partial charge in [-0.2, -0.15) is 0 Å². The third kappa shape index (κ3) is 2.76. The third-order valence-electron chi connectivity index (χ3n) is 2.48. The fourth-order valence-corrected chi connectivity index (χ4v) is 2.23. The number of carbonyl (C=O) groups is 1. The lowest BCUT2D eigenvalue weighted by Crippen LogP contribution is -1.98. The van der Waals surface area contributed by atoms with E-state index in [9.17, 15) is 4.79 Å². The second kappa shape index (κ2) is 5.89. The van der Waals surface area contributed by atoms with E-state index in [1.54, 1.807) is 14.2 Å². The van der Waals surface area contributed by atoms with Gasteiger partial charge in [-0.1, -0.05) is 22.9 Å². The quantitative estimate of drug-likeness (QED) is 0.780. The van der Waals surface area contributed by atoms with Crippen LogP contribution in [0, 0.1) is 0 Å². The van der Waals surface area contributed by atoms with E-state index in [0.29, 0.717) is 17.9 Å². The number of methoxy groups -OCH3 is 2. The molecule has 0 spiro atoms. The molecule has 1 atom stereocenters. The molecule has 1 aromatic rings. The summed E-state index contributed by atoms with van der Waals surface area (Å²) < 4.78 is 11.3. The van der Waals surface area contributed by atoms with Gasteiger partial charge in [0.05, 0.1) is 14.2 Å². The minimum Gasteiger partial charge on any atom is -0.493 e. The zero-order valence-corrected chi connectivity index (χ0v) is 11.2. The van der Waals surface area contributed by atoms with Crippen molar-refractivity contribution in [3.8, 4) is 11.5 Å². The normalized spacial score (nSPS) is 12.0. The van der Waals surface area contributed by atoms with Gasteiger partial charge >= 0.3 is 0 Å². The summed E-state index contributed by atoms with van der Waals surface area (Å²) in [5.41, 5.74) is 1.05. The fraction of sp³-hybridized carbons (Fsp3) is 0.417. The predicted molar refractivity (Wildman–Crippen MR) is 66.3 cm³/mol. The molecule has 0 heterocycles. The molecule has 1 unspecified atom stereocenters. The van der Waals surface area contributed by atoms with E-state index >= 15 is 0 Å². The average molecular weight is 287 g/mol. The number of benzene rings is 1. The molecule has 16 heavy (non-hydrogen) atoms. The van der Waals surface area contributed by atoms with Crippen LogP contribution in [-0.4, -0.2) is 20.5 Å². The van der Waals surface area contributed by atoms with Gasteiger partial charge in [-0.05, 0) is 23.6 Å². The lowest BCUT2D eigenvalue weighted by molar-refractivity contribution is -0.108. The van der Waals surface area contributed by atoms with Gasteiger partial charge < -0.3 is 14.3 Å². The SMILES string of the molecule is COc1cc(Br)c(C(C)CC=O)cc1OC. The van der Waals surface area contributed by atoms with Crippen LogP contribution in [-0.2, 0) is 4.79 Å². The van der Waals surface area contributed by atoms with Crippen molar-refractivity contribution < 1.29 is 14.3 Å². The lowest BCUT2D eigenvalue weighted by Gasteiger charge is -2.15. The van der Waals surface area contributed by atoms with E-state index in [1.807, 2.05) is 19.1 Å². The first-order chi connectivity index (χ1) is 7.63. The van der Waals surface area contributed by atoms with Gasteiger partial charge in [0.2, 0.25) is 0 Å². The van der Waals surface area contributed by atoms with Gasteiger partial charge in [-0.3, -0.25) is 0 Å². The Labute approximate surface area is 104 Å². The average Bonchev–Trinajstić information content (AvgIpc) is 2.28. The lowest BCUT2D eigenvalue weighted by atomic mass is 9.98. The van der Waals surface area contributed by atoms with Crippen molar-refractivity contribution in [1.82, 2.24) is 0 Å². The van der Waals surface area contributed by atoms with E-state index in [1.165, 1.54) is 0 Å². The topological polar surface area (TPSA) is 35.5 Å². The Morgan fingerprint density at radius 3 is 2.38 bits per heavy atom. The van der Waals surface area contributed by atoms with E-state index in [0.717, 1.165) is 16.3 Å². The Balaban J connectivity index is 3.15. The minimum atomic E-state index is 0.159. The molecule has 3 nitrogen and oxygen atoms in total. The zero-order valence-electron chi connectivity index (χ0n) is 9.62. The number of carbonyl (C=O) groups excluding carboxylic acids is 1. The molecule has 1 rings (SSSR count). The summed E-state index contributed by atoms with van der Waals surface area (Å²) in [5, 5.41) is 0. The monoisotopic (exact) mass is 286 g/mol. The molecule has 0 N–H and O–H groups in total. The first-order valence-corrected chi connectivity index (χ1v) is 5.78. The van der Waals surface area contributed by atoms with E-state index < -0.39 is 0 Å². The number of hydrogen-bond donors (Lipinski definition) is 0. The van der Waals surface area contributed by atoms with Gasteiger partial charge in [0, 0.05) is 10.9 Å². The van der Waals surface area contributed by atoms with E-state index in [2.05, 4.69) is 15.9 Å². The second-order valence-electron chi connectivity index (χ2n) is 3.53. The molecule has 0 aliphatic heterocycles. The van der Waals surface area contributed by atoms with Gasteiger partial charge in [-0.25, -0.2) is 0 Å². The zero-order chi connectivity index (χ0) is 12.1. The molecule has 0 aromatic heterocycles. The summed E-state index contributed by atoms with van der Waals surface area (Å²) in [6.07, 6.45) is 1.42. The molecule has 1 aromatic carbocycles. The Hall–Kier alpha value is -1.03.